The topological polar surface area (TPSA) is 17.8 Å². The highest BCUT2D eigenvalue weighted by molar-refractivity contribution is 7.99. The second kappa shape index (κ2) is 6.01. The number of nitrogens with zero attached hydrogens (tertiary/aromatic N) is 2. The molecule has 2 nitrogen and oxygen atoms in total. The Labute approximate surface area is 109 Å². The molecule has 1 aromatic heterocycles. The Bertz CT molecular complexity index is 321. The number of thiol groups is 1. The van der Waals surface area contributed by atoms with E-state index in [1.807, 2.05) is 30.4 Å². The van der Waals surface area contributed by atoms with Gasteiger partial charge in [-0.1, -0.05) is 13.8 Å². The largest absolute Gasteiger partial charge is 0.262 e. The van der Waals surface area contributed by atoms with Crippen LogP contribution in [0.15, 0.2) is 11.1 Å². The predicted molar refractivity (Wildman–Crippen MR) is 75.5 cm³/mol. The maximum atomic E-state index is 4.50. The van der Waals surface area contributed by atoms with Crippen molar-refractivity contribution in [2.24, 2.45) is 12.5 Å². The smallest absolute Gasteiger partial charge is 0.0939 e. The summed E-state index contributed by atoms with van der Waals surface area (Å²) in [5, 5.41) is 5.62. The molecule has 1 rings (SSSR count). The van der Waals surface area contributed by atoms with E-state index in [1.165, 1.54) is 17.9 Å². The van der Waals surface area contributed by atoms with Crippen molar-refractivity contribution in [2.45, 2.75) is 38.6 Å². The van der Waals surface area contributed by atoms with Crippen molar-refractivity contribution >= 4 is 24.4 Å². The Morgan fingerprint density at radius 2 is 2.06 bits per heavy atom. The molecular formula is C12H22N2S2. The minimum atomic E-state index is 0.367. The van der Waals surface area contributed by atoms with Gasteiger partial charge in [0.1, 0.15) is 0 Å². The first kappa shape index (κ1) is 14.0. The molecule has 1 heterocycles. The monoisotopic (exact) mass is 258 g/mol. The van der Waals surface area contributed by atoms with E-state index < -0.39 is 0 Å². The van der Waals surface area contributed by atoms with Crippen molar-refractivity contribution < 1.29 is 0 Å². The van der Waals surface area contributed by atoms with Gasteiger partial charge in [0.15, 0.2) is 0 Å². The Balaban J connectivity index is 2.65. The zero-order valence-corrected chi connectivity index (χ0v) is 12.4. The third kappa shape index (κ3) is 3.20. The molecule has 0 saturated heterocycles. The van der Waals surface area contributed by atoms with Gasteiger partial charge in [-0.15, -0.1) is 11.8 Å². The van der Waals surface area contributed by atoms with E-state index in [2.05, 4.69) is 37.6 Å². The first-order valence-corrected chi connectivity index (χ1v) is 7.43. The fourth-order valence-electron chi connectivity index (χ4n) is 1.67. The van der Waals surface area contributed by atoms with E-state index in [9.17, 15) is 0 Å². The molecular weight excluding hydrogens is 236 g/mol. The van der Waals surface area contributed by atoms with E-state index in [0.29, 0.717) is 5.41 Å². The zero-order chi connectivity index (χ0) is 12.2. The number of hydrogen-bond acceptors (Lipinski definition) is 3. The Morgan fingerprint density at radius 3 is 2.44 bits per heavy atom. The van der Waals surface area contributed by atoms with Gasteiger partial charge in [-0.05, 0) is 37.0 Å². The Kier molecular flexibility index (Phi) is 5.25. The molecule has 0 aliphatic carbocycles. The van der Waals surface area contributed by atoms with E-state index in [-0.39, 0.29) is 0 Å². The summed E-state index contributed by atoms with van der Waals surface area (Å²) in [6.07, 6.45) is 2.38. The molecule has 0 atom stereocenters. The number of hydrogen-bond donors (Lipinski definition) is 1. The highest BCUT2D eigenvalue weighted by atomic mass is 32.2. The molecule has 0 N–H and O–H groups in total. The summed E-state index contributed by atoms with van der Waals surface area (Å²) in [6, 6.07) is 2.15. The molecule has 0 aromatic carbocycles. The van der Waals surface area contributed by atoms with Crippen LogP contribution in [0.2, 0.25) is 0 Å². The third-order valence-corrected chi connectivity index (χ3v) is 5.43. The molecule has 0 fully saturated rings. The summed E-state index contributed by atoms with van der Waals surface area (Å²) in [7, 11) is 2.01. The predicted octanol–water partition coefficient (Wildman–Crippen LogP) is 3.56. The third-order valence-electron chi connectivity index (χ3n) is 3.32. The molecule has 0 bridgehead atoms. The fourth-order valence-corrected chi connectivity index (χ4v) is 3.83. The van der Waals surface area contributed by atoms with Crippen LogP contribution in [0.3, 0.4) is 0 Å². The molecule has 4 heteroatoms. The average molecular weight is 258 g/mol. The zero-order valence-electron chi connectivity index (χ0n) is 10.7. The molecule has 16 heavy (non-hydrogen) atoms. The summed E-state index contributed by atoms with van der Waals surface area (Å²) in [4.78, 5) is 0. The van der Waals surface area contributed by atoms with Crippen LogP contribution in [-0.2, 0) is 7.05 Å². The van der Waals surface area contributed by atoms with Gasteiger partial charge in [0.25, 0.3) is 0 Å². The standard InChI is InChI=1S/C12H22N2S2/c1-5-12(6-2,8-15)9-16-11-7-10(3)13-14(11)4/h7,15H,5-6,8-9H2,1-4H3. The number of rotatable bonds is 6. The lowest BCUT2D eigenvalue weighted by Crippen LogP contribution is -2.24. The van der Waals surface area contributed by atoms with Crippen molar-refractivity contribution in [1.82, 2.24) is 9.78 Å². The first-order valence-electron chi connectivity index (χ1n) is 5.81. The van der Waals surface area contributed by atoms with Crippen molar-refractivity contribution in [3.8, 4) is 0 Å². The molecule has 0 aliphatic heterocycles. The van der Waals surface area contributed by atoms with Crippen LogP contribution < -0.4 is 0 Å². The van der Waals surface area contributed by atoms with E-state index in [4.69, 9.17) is 0 Å². The summed E-state index contributed by atoms with van der Waals surface area (Å²) in [6.45, 7) is 6.55. The molecule has 0 unspecified atom stereocenters. The molecule has 0 spiro atoms. The average Bonchev–Trinajstić information content (AvgIpc) is 2.60. The summed E-state index contributed by atoms with van der Waals surface area (Å²) in [5.41, 5.74) is 1.46. The molecule has 0 radical (unpaired) electrons. The van der Waals surface area contributed by atoms with Gasteiger partial charge in [0.2, 0.25) is 0 Å². The van der Waals surface area contributed by atoms with E-state index in [0.717, 1.165) is 17.2 Å². The molecule has 0 saturated carbocycles. The maximum Gasteiger partial charge on any atom is 0.0939 e. The van der Waals surface area contributed by atoms with Crippen LogP contribution in [0.4, 0.5) is 0 Å². The lowest BCUT2D eigenvalue weighted by molar-refractivity contribution is 0.357. The van der Waals surface area contributed by atoms with Gasteiger partial charge in [-0.2, -0.15) is 17.7 Å². The van der Waals surface area contributed by atoms with Gasteiger partial charge in [-0.25, -0.2) is 0 Å². The van der Waals surface area contributed by atoms with Crippen molar-refractivity contribution in [3.63, 3.8) is 0 Å². The number of aromatic nitrogens is 2. The summed E-state index contributed by atoms with van der Waals surface area (Å²) in [5.74, 6) is 2.09. The normalized spacial score (nSPS) is 12.1. The maximum absolute atomic E-state index is 4.50. The minimum absolute atomic E-state index is 0.367. The molecule has 0 amide bonds. The molecule has 1 aromatic rings. The van der Waals surface area contributed by atoms with Gasteiger partial charge < -0.3 is 0 Å². The Morgan fingerprint density at radius 1 is 1.44 bits per heavy atom. The van der Waals surface area contributed by atoms with Crippen LogP contribution in [-0.4, -0.2) is 21.3 Å². The SMILES string of the molecule is CCC(CC)(CS)CSc1cc(C)nn1C. The van der Waals surface area contributed by atoms with Gasteiger partial charge in [-0.3, -0.25) is 4.68 Å². The van der Waals surface area contributed by atoms with Gasteiger partial charge in [0, 0.05) is 12.8 Å². The lowest BCUT2D eigenvalue weighted by atomic mass is 9.87. The van der Waals surface area contributed by atoms with Crippen molar-refractivity contribution in [3.05, 3.63) is 11.8 Å². The van der Waals surface area contributed by atoms with Crippen LogP contribution in [0.1, 0.15) is 32.4 Å². The quantitative estimate of drug-likeness (QED) is 0.621. The van der Waals surface area contributed by atoms with Crippen LogP contribution in [0.25, 0.3) is 0 Å². The minimum Gasteiger partial charge on any atom is -0.262 e. The van der Waals surface area contributed by atoms with Crippen LogP contribution in [0.5, 0.6) is 0 Å². The number of aryl methyl sites for hydroxylation is 2. The fraction of sp³-hybridized carbons (Fsp3) is 0.750. The molecule has 0 aliphatic rings. The van der Waals surface area contributed by atoms with E-state index >= 15 is 0 Å². The summed E-state index contributed by atoms with van der Waals surface area (Å²) >= 11 is 6.40. The van der Waals surface area contributed by atoms with Gasteiger partial charge in [0.05, 0.1) is 10.7 Å². The lowest BCUT2D eigenvalue weighted by Gasteiger charge is -2.29. The van der Waals surface area contributed by atoms with Crippen molar-refractivity contribution in [1.29, 1.82) is 0 Å². The highest BCUT2D eigenvalue weighted by Gasteiger charge is 2.25. The second-order valence-electron chi connectivity index (χ2n) is 4.40. The number of thioether (sulfide) groups is 1. The molecule has 92 valence electrons. The summed E-state index contributed by atoms with van der Waals surface area (Å²) < 4.78 is 1.97. The van der Waals surface area contributed by atoms with Gasteiger partial charge >= 0.3 is 0 Å². The highest BCUT2D eigenvalue weighted by Crippen LogP contribution is 2.34. The van der Waals surface area contributed by atoms with Crippen LogP contribution >= 0.6 is 24.4 Å². The van der Waals surface area contributed by atoms with E-state index in [1.54, 1.807) is 0 Å². The van der Waals surface area contributed by atoms with Crippen LogP contribution in [0, 0.1) is 12.3 Å². The Hall–Kier alpha value is -0.0900. The second-order valence-corrected chi connectivity index (χ2v) is 5.71. The van der Waals surface area contributed by atoms with Crippen molar-refractivity contribution in [2.75, 3.05) is 11.5 Å². The first-order chi connectivity index (χ1) is 7.56.